The van der Waals surface area contributed by atoms with Gasteiger partial charge < -0.3 is 30.3 Å². The molecule has 3 N–H and O–H groups in total. The van der Waals surface area contributed by atoms with E-state index in [2.05, 4.69) is 10.6 Å². The van der Waals surface area contributed by atoms with E-state index in [4.69, 9.17) is 9.84 Å². The molecule has 0 spiro atoms. The maximum atomic E-state index is 13.2. The first-order valence-electron chi connectivity index (χ1n) is 11.4. The molecule has 9 heteroatoms. The average Bonchev–Trinajstić information content (AvgIpc) is 2.90. The lowest BCUT2D eigenvalue weighted by Crippen LogP contribution is -2.46. The summed E-state index contributed by atoms with van der Waals surface area (Å²) in [5.41, 5.74) is 2.57. The van der Waals surface area contributed by atoms with Gasteiger partial charge in [0.25, 0.3) is 0 Å². The highest BCUT2D eigenvalue weighted by atomic mass is 16.5. The zero-order valence-corrected chi connectivity index (χ0v) is 20.3. The Morgan fingerprint density at radius 1 is 0.889 bits per heavy atom. The molecule has 0 saturated carbocycles. The molecule has 3 rings (SSSR count). The molecule has 0 bridgehead atoms. The van der Waals surface area contributed by atoms with Gasteiger partial charge in [0.2, 0.25) is 11.8 Å². The Labute approximate surface area is 210 Å². The molecule has 188 valence electrons. The summed E-state index contributed by atoms with van der Waals surface area (Å²) in [6.45, 7) is -0.561. The van der Waals surface area contributed by atoms with Crippen LogP contribution in [-0.4, -0.2) is 56.8 Å². The Bertz CT molecular complexity index is 1190. The smallest absolute Gasteiger partial charge is 0.319 e. The zero-order chi connectivity index (χ0) is 25.9. The van der Waals surface area contributed by atoms with Gasteiger partial charge in [-0.15, -0.1) is 0 Å². The molecule has 0 fully saturated rings. The van der Waals surface area contributed by atoms with Crippen LogP contribution in [0.3, 0.4) is 0 Å². The van der Waals surface area contributed by atoms with Crippen LogP contribution in [0.4, 0.5) is 21.9 Å². The summed E-state index contributed by atoms with van der Waals surface area (Å²) in [4.78, 5) is 41.4. The van der Waals surface area contributed by atoms with Crippen molar-refractivity contribution in [2.45, 2.75) is 6.42 Å². The van der Waals surface area contributed by atoms with Crippen LogP contribution in [0.5, 0.6) is 5.75 Å². The van der Waals surface area contributed by atoms with E-state index in [1.807, 2.05) is 24.3 Å². The molecule has 0 aliphatic carbocycles. The van der Waals surface area contributed by atoms with Crippen molar-refractivity contribution in [2.24, 2.45) is 0 Å². The minimum absolute atomic E-state index is 0.00242. The van der Waals surface area contributed by atoms with Gasteiger partial charge in [0.05, 0.1) is 13.7 Å². The fraction of sp³-hybridized carbons (Fsp3) is 0.222. The van der Waals surface area contributed by atoms with Crippen LogP contribution in [0.15, 0.2) is 78.9 Å². The van der Waals surface area contributed by atoms with Gasteiger partial charge in [0.15, 0.2) is 0 Å². The van der Waals surface area contributed by atoms with E-state index in [9.17, 15) is 14.4 Å². The highest BCUT2D eigenvalue weighted by Gasteiger charge is 2.23. The Hall–Kier alpha value is -4.37. The molecule has 0 aliphatic heterocycles. The molecule has 0 radical (unpaired) electrons. The van der Waals surface area contributed by atoms with Crippen LogP contribution in [-0.2, 0) is 16.0 Å². The van der Waals surface area contributed by atoms with Crippen molar-refractivity contribution in [2.75, 3.05) is 49.0 Å². The number of amides is 4. The van der Waals surface area contributed by atoms with Crippen LogP contribution < -0.4 is 25.2 Å². The van der Waals surface area contributed by atoms with Crippen molar-refractivity contribution in [1.29, 1.82) is 0 Å². The number of aliphatic hydroxyl groups excluding tert-OH is 1. The minimum Gasteiger partial charge on any atom is -0.497 e. The number of hydrogen-bond donors (Lipinski definition) is 3. The number of aliphatic hydroxyl groups is 1. The third kappa shape index (κ3) is 7.31. The Morgan fingerprint density at radius 3 is 2.33 bits per heavy atom. The minimum atomic E-state index is -0.567. The van der Waals surface area contributed by atoms with Crippen LogP contribution in [0, 0.1) is 0 Å². The number of anilines is 3. The van der Waals surface area contributed by atoms with Crippen molar-refractivity contribution >= 4 is 34.9 Å². The van der Waals surface area contributed by atoms with Gasteiger partial charge in [0.1, 0.15) is 12.3 Å². The summed E-state index contributed by atoms with van der Waals surface area (Å²) in [6, 6.07) is 22.4. The summed E-state index contributed by atoms with van der Waals surface area (Å²) in [7, 11) is 3.16. The van der Waals surface area contributed by atoms with Gasteiger partial charge in [-0.25, -0.2) is 4.79 Å². The predicted octanol–water partition coefficient (Wildman–Crippen LogP) is 3.05. The third-order valence-corrected chi connectivity index (χ3v) is 5.46. The second kappa shape index (κ2) is 12.9. The molecule has 0 heterocycles. The monoisotopic (exact) mass is 490 g/mol. The van der Waals surface area contributed by atoms with E-state index in [1.54, 1.807) is 61.6 Å². The molecule has 0 unspecified atom stereocenters. The van der Waals surface area contributed by atoms with Crippen LogP contribution in [0.2, 0.25) is 0 Å². The number of ether oxygens (including phenoxy) is 1. The number of nitrogens with one attached hydrogen (secondary N) is 2. The first-order chi connectivity index (χ1) is 17.4. The normalized spacial score (nSPS) is 10.3. The van der Waals surface area contributed by atoms with Crippen molar-refractivity contribution in [3.05, 3.63) is 84.4 Å². The number of para-hydroxylation sites is 1. The number of carbonyl (C=O) groups excluding carboxylic acids is 3. The van der Waals surface area contributed by atoms with E-state index in [-0.39, 0.29) is 25.6 Å². The van der Waals surface area contributed by atoms with Crippen LogP contribution >= 0.6 is 0 Å². The first-order valence-corrected chi connectivity index (χ1v) is 11.4. The summed E-state index contributed by atoms with van der Waals surface area (Å²) >= 11 is 0. The maximum absolute atomic E-state index is 13.2. The van der Waals surface area contributed by atoms with Crippen molar-refractivity contribution in [3.63, 3.8) is 0 Å². The number of carbonyl (C=O) groups is 3. The lowest BCUT2D eigenvalue weighted by molar-refractivity contribution is -0.121. The Morgan fingerprint density at radius 2 is 1.61 bits per heavy atom. The molecule has 0 saturated heterocycles. The fourth-order valence-corrected chi connectivity index (χ4v) is 3.50. The lowest BCUT2D eigenvalue weighted by atomic mass is 10.1. The van der Waals surface area contributed by atoms with Crippen molar-refractivity contribution in [3.8, 4) is 5.75 Å². The summed E-state index contributed by atoms with van der Waals surface area (Å²) < 4.78 is 5.27. The highest BCUT2D eigenvalue weighted by molar-refractivity contribution is 6.05. The van der Waals surface area contributed by atoms with Gasteiger partial charge in [-0.05, 0) is 48.4 Å². The van der Waals surface area contributed by atoms with Gasteiger partial charge in [-0.3, -0.25) is 9.59 Å². The standard InChI is InChI=1S/C27H30N4O5/c1-30(22-10-4-3-5-11-22)26(34)19-31(23-12-7-13-24(17-23)36-2)25(33)18-28-27(35)29-21-9-6-8-20(16-21)14-15-32/h3-13,16-17,32H,14-15,18-19H2,1-2H3,(H2,28,29,35). The van der Waals surface area contributed by atoms with E-state index in [1.165, 1.54) is 16.9 Å². The van der Waals surface area contributed by atoms with E-state index >= 15 is 0 Å². The molecular formula is C27H30N4O5. The fourth-order valence-electron chi connectivity index (χ4n) is 3.50. The molecule has 3 aromatic carbocycles. The molecule has 0 aliphatic rings. The number of hydrogen-bond acceptors (Lipinski definition) is 5. The van der Waals surface area contributed by atoms with Crippen molar-refractivity contribution in [1.82, 2.24) is 5.32 Å². The SMILES string of the molecule is COc1cccc(N(CC(=O)N(C)c2ccccc2)C(=O)CNC(=O)Nc2cccc(CCO)c2)c1. The summed E-state index contributed by atoms with van der Waals surface area (Å²) in [5, 5.41) is 14.3. The summed E-state index contributed by atoms with van der Waals surface area (Å²) in [6.07, 6.45) is 0.469. The number of likely N-dealkylation sites (N-methyl/N-ethyl adjacent to an activating group) is 1. The Balaban J connectivity index is 1.70. The molecule has 0 aromatic heterocycles. The summed E-state index contributed by atoms with van der Waals surface area (Å²) in [5.74, 6) is -0.243. The van der Waals surface area contributed by atoms with Crippen molar-refractivity contribution < 1.29 is 24.2 Å². The largest absolute Gasteiger partial charge is 0.497 e. The predicted molar refractivity (Wildman–Crippen MR) is 139 cm³/mol. The number of benzene rings is 3. The van der Waals surface area contributed by atoms with Gasteiger partial charge in [-0.2, -0.15) is 0 Å². The highest BCUT2D eigenvalue weighted by Crippen LogP contribution is 2.22. The number of nitrogens with zero attached hydrogens (tertiary/aromatic N) is 2. The number of rotatable bonds is 10. The lowest BCUT2D eigenvalue weighted by Gasteiger charge is -2.26. The van der Waals surface area contributed by atoms with Crippen LogP contribution in [0.25, 0.3) is 0 Å². The molecule has 4 amide bonds. The second-order valence-corrected chi connectivity index (χ2v) is 7.95. The molecule has 3 aromatic rings. The van der Waals surface area contributed by atoms with E-state index in [0.717, 1.165) is 5.56 Å². The second-order valence-electron chi connectivity index (χ2n) is 7.95. The Kier molecular flexibility index (Phi) is 9.41. The van der Waals surface area contributed by atoms with Crippen LogP contribution in [0.1, 0.15) is 5.56 Å². The van der Waals surface area contributed by atoms with Gasteiger partial charge >= 0.3 is 6.03 Å². The molecule has 36 heavy (non-hydrogen) atoms. The average molecular weight is 491 g/mol. The zero-order valence-electron chi connectivity index (χ0n) is 20.3. The molecular weight excluding hydrogens is 460 g/mol. The third-order valence-electron chi connectivity index (χ3n) is 5.46. The molecule has 0 atom stereocenters. The number of methoxy groups -OCH3 is 1. The first kappa shape index (κ1) is 26.2. The van der Waals surface area contributed by atoms with E-state index < -0.39 is 11.9 Å². The number of urea groups is 1. The molecule has 9 nitrogen and oxygen atoms in total. The topological polar surface area (TPSA) is 111 Å². The van der Waals surface area contributed by atoms with Gasteiger partial charge in [0, 0.05) is 36.8 Å². The van der Waals surface area contributed by atoms with E-state index in [0.29, 0.717) is 29.2 Å². The van der Waals surface area contributed by atoms with Gasteiger partial charge in [-0.1, -0.05) is 36.4 Å². The quantitative estimate of drug-likeness (QED) is 0.405. The maximum Gasteiger partial charge on any atom is 0.319 e.